The summed E-state index contributed by atoms with van der Waals surface area (Å²) in [6.45, 7) is 4.59. The lowest BCUT2D eigenvalue weighted by atomic mass is 10.3. The highest BCUT2D eigenvalue weighted by Crippen LogP contribution is 2.18. The third kappa shape index (κ3) is 5.63. The monoisotopic (exact) mass is 252 g/mol. The molecule has 0 saturated heterocycles. The van der Waals surface area contributed by atoms with E-state index in [2.05, 4.69) is 29.0 Å². The number of anilines is 1. The highest BCUT2D eigenvalue weighted by atomic mass is 32.2. The van der Waals surface area contributed by atoms with Gasteiger partial charge in [0, 0.05) is 29.6 Å². The molecule has 1 aromatic carbocycles. The molecule has 2 N–H and O–H groups in total. The number of hydrogen-bond donors (Lipinski definition) is 2. The summed E-state index contributed by atoms with van der Waals surface area (Å²) < 4.78 is 0. The highest BCUT2D eigenvalue weighted by molar-refractivity contribution is 7.98. The van der Waals surface area contributed by atoms with Crippen molar-refractivity contribution in [3.8, 4) is 0 Å². The molecule has 4 heteroatoms. The molecule has 0 bridgehead atoms. The Morgan fingerprint density at radius 2 is 2.18 bits per heavy atom. The molecule has 94 valence electrons. The van der Waals surface area contributed by atoms with Gasteiger partial charge in [-0.3, -0.25) is 4.79 Å². The first-order valence-electron chi connectivity index (χ1n) is 5.79. The number of thioether (sulfide) groups is 1. The summed E-state index contributed by atoms with van der Waals surface area (Å²) in [5, 5.41) is 6.12. The Morgan fingerprint density at radius 3 is 2.82 bits per heavy atom. The number of carbonyl (C=O) groups is 1. The molecule has 0 atom stereocenters. The van der Waals surface area contributed by atoms with Gasteiger partial charge < -0.3 is 10.6 Å². The normalized spacial score (nSPS) is 10.4. The zero-order chi connectivity index (χ0) is 12.7. The van der Waals surface area contributed by atoms with Crippen LogP contribution in [0.15, 0.2) is 29.2 Å². The second kappa shape index (κ2) is 7.22. The minimum absolute atomic E-state index is 0.0912. The Bertz CT molecular complexity index is 366. The maximum absolute atomic E-state index is 11.4. The fourth-order valence-electron chi connectivity index (χ4n) is 1.45. The van der Waals surface area contributed by atoms with Crippen LogP contribution in [0.3, 0.4) is 0 Å². The van der Waals surface area contributed by atoms with Gasteiger partial charge in [0.05, 0.1) is 0 Å². The molecule has 0 aliphatic rings. The summed E-state index contributed by atoms with van der Waals surface area (Å²) >= 11 is 1.71. The molecule has 17 heavy (non-hydrogen) atoms. The van der Waals surface area contributed by atoms with Gasteiger partial charge in [0.2, 0.25) is 5.91 Å². The third-order valence-electron chi connectivity index (χ3n) is 2.20. The number of rotatable bonds is 6. The quantitative estimate of drug-likeness (QED) is 0.765. The van der Waals surface area contributed by atoms with E-state index in [4.69, 9.17) is 0 Å². The molecule has 1 rings (SSSR count). The molecule has 0 heterocycles. The SMILES string of the molecule is CSc1cccc(NCCC(=O)NC(C)C)c1. The largest absolute Gasteiger partial charge is 0.384 e. The van der Waals surface area contributed by atoms with Crippen LogP contribution in [0.2, 0.25) is 0 Å². The van der Waals surface area contributed by atoms with Gasteiger partial charge in [0.25, 0.3) is 0 Å². The van der Waals surface area contributed by atoms with E-state index in [1.165, 1.54) is 4.90 Å². The minimum Gasteiger partial charge on any atom is -0.384 e. The Labute approximate surface area is 107 Å². The summed E-state index contributed by atoms with van der Waals surface area (Å²) in [6, 6.07) is 8.40. The van der Waals surface area contributed by atoms with Crippen LogP contribution in [0.4, 0.5) is 5.69 Å². The fourth-order valence-corrected chi connectivity index (χ4v) is 1.91. The van der Waals surface area contributed by atoms with E-state index in [0.29, 0.717) is 13.0 Å². The Balaban J connectivity index is 2.32. The molecule has 0 aliphatic carbocycles. The van der Waals surface area contributed by atoms with Crippen LogP contribution in [-0.2, 0) is 4.79 Å². The third-order valence-corrected chi connectivity index (χ3v) is 2.93. The first-order chi connectivity index (χ1) is 8.11. The number of carbonyl (C=O) groups excluding carboxylic acids is 1. The molecular formula is C13H20N2OS. The molecule has 1 aromatic rings. The van der Waals surface area contributed by atoms with Gasteiger partial charge in [-0.15, -0.1) is 11.8 Å². The van der Waals surface area contributed by atoms with Crippen molar-refractivity contribution in [2.75, 3.05) is 18.1 Å². The minimum atomic E-state index is 0.0912. The van der Waals surface area contributed by atoms with Crippen LogP contribution in [-0.4, -0.2) is 24.7 Å². The maximum atomic E-state index is 11.4. The summed E-state index contributed by atoms with van der Waals surface area (Å²) in [5.41, 5.74) is 1.06. The van der Waals surface area contributed by atoms with Crippen molar-refractivity contribution in [1.82, 2.24) is 5.32 Å². The number of benzene rings is 1. The van der Waals surface area contributed by atoms with Crippen LogP contribution in [0.1, 0.15) is 20.3 Å². The Kier molecular flexibility index (Phi) is 5.91. The molecule has 0 unspecified atom stereocenters. The van der Waals surface area contributed by atoms with E-state index in [1.54, 1.807) is 11.8 Å². The average molecular weight is 252 g/mol. The van der Waals surface area contributed by atoms with Gasteiger partial charge >= 0.3 is 0 Å². The number of nitrogens with one attached hydrogen (secondary N) is 2. The van der Waals surface area contributed by atoms with E-state index >= 15 is 0 Å². The first kappa shape index (κ1) is 13.9. The van der Waals surface area contributed by atoms with Gasteiger partial charge in [-0.1, -0.05) is 6.07 Å². The molecule has 0 saturated carbocycles. The molecule has 0 radical (unpaired) electrons. The Hall–Kier alpha value is -1.16. The fraction of sp³-hybridized carbons (Fsp3) is 0.462. The smallest absolute Gasteiger partial charge is 0.221 e. The molecule has 0 aliphatic heterocycles. The summed E-state index contributed by atoms with van der Waals surface area (Å²) in [6.07, 6.45) is 2.55. The Morgan fingerprint density at radius 1 is 1.41 bits per heavy atom. The van der Waals surface area contributed by atoms with Crippen molar-refractivity contribution in [3.63, 3.8) is 0 Å². The van der Waals surface area contributed by atoms with Gasteiger partial charge in [-0.2, -0.15) is 0 Å². The molecule has 1 amide bonds. The van der Waals surface area contributed by atoms with Crippen molar-refractivity contribution in [2.24, 2.45) is 0 Å². The van der Waals surface area contributed by atoms with Gasteiger partial charge in [0.1, 0.15) is 0 Å². The van der Waals surface area contributed by atoms with E-state index in [-0.39, 0.29) is 11.9 Å². The number of hydrogen-bond acceptors (Lipinski definition) is 3. The summed E-state index contributed by atoms with van der Waals surface area (Å²) in [4.78, 5) is 12.6. The predicted molar refractivity (Wildman–Crippen MR) is 74.6 cm³/mol. The van der Waals surface area contributed by atoms with Gasteiger partial charge in [0.15, 0.2) is 0 Å². The van der Waals surface area contributed by atoms with Crippen LogP contribution >= 0.6 is 11.8 Å². The first-order valence-corrected chi connectivity index (χ1v) is 7.01. The van der Waals surface area contributed by atoms with Gasteiger partial charge in [-0.25, -0.2) is 0 Å². The van der Waals surface area contributed by atoms with E-state index in [9.17, 15) is 4.79 Å². The van der Waals surface area contributed by atoms with E-state index in [0.717, 1.165) is 5.69 Å². The van der Waals surface area contributed by atoms with Crippen molar-refractivity contribution in [1.29, 1.82) is 0 Å². The molecule has 0 spiro atoms. The van der Waals surface area contributed by atoms with E-state index < -0.39 is 0 Å². The lowest BCUT2D eigenvalue weighted by Crippen LogP contribution is -2.31. The standard InChI is InChI=1S/C13H20N2OS/c1-10(2)15-13(16)7-8-14-11-5-4-6-12(9-11)17-3/h4-6,9-10,14H,7-8H2,1-3H3,(H,15,16). The highest BCUT2D eigenvalue weighted by Gasteiger charge is 2.02. The van der Waals surface area contributed by atoms with Crippen molar-refractivity contribution >= 4 is 23.4 Å². The summed E-state index contributed by atoms with van der Waals surface area (Å²) in [5.74, 6) is 0.0912. The second-order valence-corrected chi connectivity index (χ2v) is 5.01. The molecule has 0 fully saturated rings. The molecule has 0 aromatic heterocycles. The lowest BCUT2D eigenvalue weighted by Gasteiger charge is -2.10. The van der Waals surface area contributed by atoms with Crippen molar-refractivity contribution < 1.29 is 4.79 Å². The molecular weight excluding hydrogens is 232 g/mol. The molecule has 3 nitrogen and oxygen atoms in total. The van der Waals surface area contributed by atoms with Crippen LogP contribution in [0.5, 0.6) is 0 Å². The average Bonchev–Trinajstić information content (AvgIpc) is 2.28. The second-order valence-electron chi connectivity index (χ2n) is 4.13. The van der Waals surface area contributed by atoms with E-state index in [1.807, 2.05) is 26.0 Å². The van der Waals surface area contributed by atoms with Gasteiger partial charge in [-0.05, 0) is 38.3 Å². The lowest BCUT2D eigenvalue weighted by molar-refractivity contribution is -0.121. The topological polar surface area (TPSA) is 41.1 Å². The van der Waals surface area contributed by atoms with Crippen molar-refractivity contribution in [2.45, 2.75) is 31.2 Å². The zero-order valence-corrected chi connectivity index (χ0v) is 11.4. The maximum Gasteiger partial charge on any atom is 0.221 e. The van der Waals surface area contributed by atoms with Crippen LogP contribution < -0.4 is 10.6 Å². The van der Waals surface area contributed by atoms with Crippen molar-refractivity contribution in [3.05, 3.63) is 24.3 Å². The summed E-state index contributed by atoms with van der Waals surface area (Å²) in [7, 11) is 0. The zero-order valence-electron chi connectivity index (χ0n) is 10.6. The van der Waals surface area contributed by atoms with Crippen LogP contribution in [0, 0.1) is 0 Å². The number of amides is 1. The van der Waals surface area contributed by atoms with Crippen LogP contribution in [0.25, 0.3) is 0 Å². The predicted octanol–water partition coefficient (Wildman–Crippen LogP) is 2.74.